The number of benzene rings is 3. The Labute approximate surface area is 249 Å². The fourth-order valence-electron chi connectivity index (χ4n) is 5.62. The number of carbonyl (C=O) groups is 2. The molecule has 42 heavy (non-hydrogen) atoms. The lowest BCUT2D eigenvalue weighted by Gasteiger charge is -2.44. The van der Waals surface area contributed by atoms with Crippen molar-refractivity contribution in [3.05, 3.63) is 101 Å². The van der Waals surface area contributed by atoms with Gasteiger partial charge in [-0.1, -0.05) is 62.4 Å². The quantitative estimate of drug-likeness (QED) is 0.148. The second-order valence-electron chi connectivity index (χ2n) is 10.7. The second-order valence-corrected chi connectivity index (χ2v) is 12.3. The van der Waals surface area contributed by atoms with Gasteiger partial charge in [-0.3, -0.25) is 9.28 Å². The first-order chi connectivity index (χ1) is 20.0. The number of rotatable bonds is 16. The standard InChI is InChI=1S/C32H42N4O5S/c1-3-19-36(20-4-2,32(39)27-12-8-11-26(22-27)31(33)38)29(21-25-9-6-5-7-10-25)30(37)23-35-18-17-24-13-15-28(16-14-24)42(34,40)41/h5-16,22,29-30,35,37H,3-4,17-21,23H2,1-2H3,(H3-,33,34,38,40,41)/p+1/t29?,30-/m0/s1. The average molecular weight is 596 g/mol. The highest BCUT2D eigenvalue weighted by atomic mass is 32.2. The molecule has 0 saturated carbocycles. The highest BCUT2D eigenvalue weighted by Gasteiger charge is 2.47. The SMILES string of the molecule is CCC[N+](CCC)(C(=O)c1cccc(C(N)=O)c1)C(Cc1ccccc1)[C@@H](O)CNCCc1ccc(S(N)(=O)=O)cc1. The van der Waals surface area contributed by atoms with E-state index in [1.807, 2.05) is 44.2 Å². The number of aliphatic hydroxyl groups excluding tert-OH is 1. The predicted molar refractivity (Wildman–Crippen MR) is 164 cm³/mol. The predicted octanol–water partition coefficient (Wildman–Crippen LogP) is 3.01. The van der Waals surface area contributed by atoms with Crippen LogP contribution in [0.15, 0.2) is 83.8 Å². The van der Waals surface area contributed by atoms with Gasteiger partial charge in [0.15, 0.2) is 0 Å². The Morgan fingerprint density at radius 1 is 0.881 bits per heavy atom. The van der Waals surface area contributed by atoms with Gasteiger partial charge in [-0.15, -0.1) is 0 Å². The Hall–Kier alpha value is -3.41. The first kappa shape index (κ1) is 33.1. The minimum atomic E-state index is -3.75. The minimum Gasteiger partial charge on any atom is -0.386 e. The number of nitrogens with one attached hydrogen (secondary N) is 1. The maximum absolute atomic E-state index is 14.4. The van der Waals surface area contributed by atoms with E-state index in [9.17, 15) is 23.1 Å². The zero-order chi connectivity index (χ0) is 30.8. The van der Waals surface area contributed by atoms with Crippen LogP contribution in [0.3, 0.4) is 0 Å². The number of sulfonamides is 1. The molecule has 10 heteroatoms. The normalized spacial score (nSPS) is 13.4. The van der Waals surface area contributed by atoms with E-state index in [0.717, 1.165) is 24.0 Å². The van der Waals surface area contributed by atoms with E-state index in [1.165, 1.54) is 12.1 Å². The van der Waals surface area contributed by atoms with Gasteiger partial charge in [-0.25, -0.2) is 18.4 Å². The molecule has 0 aliphatic carbocycles. The summed E-state index contributed by atoms with van der Waals surface area (Å²) in [4.78, 5) is 26.4. The molecule has 0 saturated heterocycles. The lowest BCUT2D eigenvalue weighted by Crippen LogP contribution is -2.65. The third-order valence-corrected chi connectivity index (χ3v) is 8.54. The van der Waals surface area contributed by atoms with Crippen LogP contribution in [0.1, 0.15) is 58.5 Å². The molecule has 226 valence electrons. The van der Waals surface area contributed by atoms with Gasteiger partial charge in [-0.2, -0.15) is 0 Å². The molecule has 3 aromatic carbocycles. The molecule has 3 rings (SSSR count). The number of nitrogens with two attached hydrogens (primary N) is 2. The van der Waals surface area contributed by atoms with Crippen molar-refractivity contribution in [2.45, 2.75) is 56.6 Å². The highest BCUT2D eigenvalue weighted by Crippen LogP contribution is 2.27. The van der Waals surface area contributed by atoms with Gasteiger partial charge in [0.2, 0.25) is 15.9 Å². The van der Waals surface area contributed by atoms with Crippen molar-refractivity contribution in [2.24, 2.45) is 10.9 Å². The van der Waals surface area contributed by atoms with Crippen molar-refractivity contribution in [1.82, 2.24) is 5.32 Å². The number of primary sulfonamides is 1. The van der Waals surface area contributed by atoms with E-state index in [1.54, 1.807) is 36.4 Å². The number of primary amides is 1. The number of carbonyl (C=O) groups excluding carboxylic acids is 2. The summed E-state index contributed by atoms with van der Waals surface area (Å²) in [6.07, 6.45) is 1.68. The molecule has 9 nitrogen and oxygen atoms in total. The van der Waals surface area contributed by atoms with E-state index >= 15 is 0 Å². The van der Waals surface area contributed by atoms with E-state index in [-0.39, 0.29) is 27.4 Å². The molecule has 0 aliphatic heterocycles. The molecule has 0 aromatic heterocycles. The van der Waals surface area contributed by atoms with Gasteiger partial charge < -0.3 is 16.2 Å². The molecule has 0 heterocycles. The van der Waals surface area contributed by atoms with Gasteiger partial charge in [-0.05, 0) is 67.3 Å². The summed E-state index contributed by atoms with van der Waals surface area (Å²) in [5.41, 5.74) is 8.13. The van der Waals surface area contributed by atoms with Crippen LogP contribution in [0.5, 0.6) is 0 Å². The molecule has 0 aliphatic rings. The topological polar surface area (TPSA) is 153 Å². The van der Waals surface area contributed by atoms with Crippen LogP contribution in [0.4, 0.5) is 0 Å². The van der Waals surface area contributed by atoms with Crippen LogP contribution in [0.25, 0.3) is 0 Å². The van der Waals surface area contributed by atoms with Crippen molar-refractivity contribution in [3.8, 4) is 0 Å². The first-order valence-electron chi connectivity index (χ1n) is 14.4. The van der Waals surface area contributed by atoms with E-state index in [0.29, 0.717) is 38.0 Å². The lowest BCUT2D eigenvalue weighted by atomic mass is 9.94. The minimum absolute atomic E-state index is 0.0436. The van der Waals surface area contributed by atoms with E-state index in [2.05, 4.69) is 5.32 Å². The molecule has 0 radical (unpaired) electrons. The zero-order valence-corrected chi connectivity index (χ0v) is 25.2. The third-order valence-electron chi connectivity index (χ3n) is 7.61. The molecule has 2 atom stereocenters. The average Bonchev–Trinajstić information content (AvgIpc) is 2.98. The Kier molecular flexibility index (Phi) is 12.0. The summed E-state index contributed by atoms with van der Waals surface area (Å²) >= 11 is 0. The molecule has 0 fully saturated rings. The lowest BCUT2D eigenvalue weighted by molar-refractivity contribution is -0.878. The summed E-state index contributed by atoms with van der Waals surface area (Å²) in [6.45, 7) is 5.91. The summed E-state index contributed by atoms with van der Waals surface area (Å²) in [7, 11) is -3.75. The smallest absolute Gasteiger partial charge is 0.346 e. The maximum atomic E-state index is 14.4. The summed E-state index contributed by atoms with van der Waals surface area (Å²) in [5, 5.41) is 20.3. The number of hydrogen-bond acceptors (Lipinski definition) is 6. The number of quaternary nitrogens is 1. The Morgan fingerprint density at radius 3 is 2.07 bits per heavy atom. The Morgan fingerprint density at radius 2 is 1.50 bits per heavy atom. The third kappa shape index (κ3) is 8.56. The molecule has 6 N–H and O–H groups in total. The van der Waals surface area contributed by atoms with Crippen molar-refractivity contribution < 1.29 is 27.6 Å². The summed E-state index contributed by atoms with van der Waals surface area (Å²) < 4.78 is 23.1. The first-order valence-corrected chi connectivity index (χ1v) is 15.9. The molecule has 1 unspecified atom stereocenters. The van der Waals surface area contributed by atoms with Crippen molar-refractivity contribution in [2.75, 3.05) is 26.2 Å². The van der Waals surface area contributed by atoms with Crippen LogP contribution >= 0.6 is 0 Å². The molecular formula is C32H43N4O5S+. The zero-order valence-electron chi connectivity index (χ0n) is 24.4. The van der Waals surface area contributed by atoms with E-state index < -0.39 is 28.1 Å². The highest BCUT2D eigenvalue weighted by molar-refractivity contribution is 7.89. The van der Waals surface area contributed by atoms with E-state index in [4.69, 9.17) is 10.9 Å². The molecule has 0 bridgehead atoms. The Bertz CT molecular complexity index is 1420. The van der Waals surface area contributed by atoms with Crippen LogP contribution in [-0.4, -0.2) is 68.1 Å². The molecule has 3 aromatic rings. The number of nitrogens with zero attached hydrogens (tertiary/aromatic N) is 1. The van der Waals surface area contributed by atoms with Crippen LogP contribution in [0, 0.1) is 0 Å². The molecular weight excluding hydrogens is 552 g/mol. The monoisotopic (exact) mass is 595 g/mol. The van der Waals surface area contributed by atoms with Gasteiger partial charge >= 0.3 is 5.91 Å². The van der Waals surface area contributed by atoms with Gasteiger partial charge in [0.05, 0.1) is 23.5 Å². The summed E-state index contributed by atoms with van der Waals surface area (Å²) in [5.74, 6) is -0.741. The van der Waals surface area contributed by atoms with Crippen molar-refractivity contribution in [3.63, 3.8) is 0 Å². The van der Waals surface area contributed by atoms with Crippen LogP contribution in [0.2, 0.25) is 0 Å². The largest absolute Gasteiger partial charge is 0.386 e. The van der Waals surface area contributed by atoms with Crippen LogP contribution in [-0.2, 0) is 22.9 Å². The fraction of sp³-hybridized carbons (Fsp3) is 0.375. The van der Waals surface area contributed by atoms with Gasteiger partial charge in [0.1, 0.15) is 12.1 Å². The number of aliphatic hydroxyl groups is 1. The number of hydrogen-bond donors (Lipinski definition) is 4. The van der Waals surface area contributed by atoms with Crippen molar-refractivity contribution in [1.29, 1.82) is 0 Å². The second kappa shape index (κ2) is 15.2. The Balaban J connectivity index is 1.88. The van der Waals surface area contributed by atoms with Gasteiger partial charge in [0, 0.05) is 18.5 Å². The maximum Gasteiger partial charge on any atom is 0.346 e. The molecule has 0 spiro atoms. The fourth-order valence-corrected chi connectivity index (χ4v) is 6.13. The summed E-state index contributed by atoms with van der Waals surface area (Å²) in [6, 6.07) is 22.3. The van der Waals surface area contributed by atoms with Crippen molar-refractivity contribution >= 4 is 21.8 Å². The molecule has 2 amide bonds. The number of amides is 2. The van der Waals surface area contributed by atoms with Crippen LogP contribution < -0.4 is 16.2 Å². The van der Waals surface area contributed by atoms with Gasteiger partial charge in [0.25, 0.3) is 0 Å².